The van der Waals surface area contributed by atoms with Crippen LogP contribution in [0.25, 0.3) is 0 Å². The summed E-state index contributed by atoms with van der Waals surface area (Å²) < 4.78 is 6.14. The predicted molar refractivity (Wildman–Crippen MR) is 132 cm³/mol. The number of aliphatic imine (C=N–C) groups is 1. The molecule has 1 amide bonds. The van der Waals surface area contributed by atoms with Gasteiger partial charge in [-0.2, -0.15) is 0 Å². The van der Waals surface area contributed by atoms with Crippen LogP contribution in [0.3, 0.4) is 0 Å². The molecule has 0 saturated carbocycles. The Bertz CT molecular complexity index is 732. The van der Waals surface area contributed by atoms with Crippen molar-refractivity contribution in [1.82, 2.24) is 20.4 Å². The number of guanidine groups is 1. The molecule has 2 N–H and O–H groups in total. The zero-order chi connectivity index (χ0) is 20.9. The van der Waals surface area contributed by atoms with E-state index in [9.17, 15) is 4.79 Å². The van der Waals surface area contributed by atoms with E-state index < -0.39 is 0 Å². The molecule has 0 bridgehead atoms. The van der Waals surface area contributed by atoms with Crippen LogP contribution in [-0.2, 0) is 4.79 Å². The number of para-hydroxylation sites is 1. The summed E-state index contributed by atoms with van der Waals surface area (Å²) in [5.74, 6) is 1.95. The SMILES string of the molecule is CCNC(=NCCN1CCN(C(C)=O)CC1)NC1CC(C)(C)Oc2ccccc21.I. The minimum absolute atomic E-state index is 0. The normalized spacial score (nSPS) is 21.1. The highest BCUT2D eigenvalue weighted by Gasteiger charge is 2.34. The number of rotatable bonds is 5. The fourth-order valence-electron chi connectivity index (χ4n) is 4.01. The highest BCUT2D eigenvalue weighted by atomic mass is 127. The van der Waals surface area contributed by atoms with Gasteiger partial charge in [0.15, 0.2) is 5.96 Å². The van der Waals surface area contributed by atoms with Crippen molar-refractivity contribution >= 4 is 35.8 Å². The number of fused-ring (bicyclic) bond motifs is 1. The van der Waals surface area contributed by atoms with Gasteiger partial charge in [-0.1, -0.05) is 18.2 Å². The maximum absolute atomic E-state index is 11.5. The van der Waals surface area contributed by atoms with Crippen molar-refractivity contribution in [3.8, 4) is 5.75 Å². The molecule has 0 radical (unpaired) electrons. The fourth-order valence-corrected chi connectivity index (χ4v) is 4.01. The molecule has 3 rings (SSSR count). The Kier molecular flexibility index (Phi) is 9.21. The number of amides is 1. The smallest absolute Gasteiger partial charge is 0.219 e. The maximum atomic E-state index is 11.5. The Morgan fingerprint density at radius 3 is 2.60 bits per heavy atom. The van der Waals surface area contributed by atoms with Gasteiger partial charge < -0.3 is 20.3 Å². The van der Waals surface area contributed by atoms with Crippen molar-refractivity contribution < 1.29 is 9.53 Å². The predicted octanol–water partition coefficient (Wildman–Crippen LogP) is 2.63. The lowest BCUT2D eigenvalue weighted by molar-refractivity contribution is -0.130. The first-order valence-electron chi connectivity index (χ1n) is 10.7. The van der Waals surface area contributed by atoms with Gasteiger partial charge in [0, 0.05) is 58.2 Å². The van der Waals surface area contributed by atoms with Crippen LogP contribution in [0.1, 0.15) is 45.7 Å². The van der Waals surface area contributed by atoms with E-state index in [1.165, 1.54) is 5.56 Å². The molecule has 1 aromatic rings. The molecule has 0 aliphatic carbocycles. The number of nitrogens with one attached hydrogen (secondary N) is 2. The molecule has 1 saturated heterocycles. The van der Waals surface area contributed by atoms with Crippen LogP contribution in [0.5, 0.6) is 5.75 Å². The Morgan fingerprint density at radius 1 is 1.23 bits per heavy atom. The molecule has 0 aromatic heterocycles. The highest BCUT2D eigenvalue weighted by Crippen LogP contribution is 2.39. The molecule has 8 heteroatoms. The van der Waals surface area contributed by atoms with Gasteiger partial charge in [0.25, 0.3) is 0 Å². The average molecular weight is 529 g/mol. The molecule has 2 aliphatic heterocycles. The zero-order valence-electron chi connectivity index (χ0n) is 18.6. The Hall–Kier alpha value is -1.55. The second kappa shape index (κ2) is 11.2. The second-order valence-electron chi connectivity index (χ2n) is 8.41. The van der Waals surface area contributed by atoms with E-state index in [1.807, 2.05) is 17.0 Å². The quantitative estimate of drug-likeness (QED) is 0.349. The minimum Gasteiger partial charge on any atom is -0.487 e. The highest BCUT2D eigenvalue weighted by molar-refractivity contribution is 14.0. The monoisotopic (exact) mass is 529 g/mol. The summed E-state index contributed by atoms with van der Waals surface area (Å²) >= 11 is 0. The van der Waals surface area contributed by atoms with E-state index in [2.05, 4.69) is 48.4 Å². The van der Waals surface area contributed by atoms with Crippen LogP contribution in [0.4, 0.5) is 0 Å². The van der Waals surface area contributed by atoms with Crippen molar-refractivity contribution in [3.63, 3.8) is 0 Å². The summed E-state index contributed by atoms with van der Waals surface area (Å²) in [6, 6.07) is 8.39. The van der Waals surface area contributed by atoms with Gasteiger partial charge in [-0.25, -0.2) is 0 Å². The van der Waals surface area contributed by atoms with E-state index in [0.717, 1.165) is 63.9 Å². The number of nitrogens with zero attached hydrogens (tertiary/aromatic N) is 3. The number of carbonyl (C=O) groups is 1. The minimum atomic E-state index is -0.222. The molecule has 30 heavy (non-hydrogen) atoms. The molecule has 1 unspecified atom stereocenters. The summed E-state index contributed by atoms with van der Waals surface area (Å²) in [5, 5.41) is 6.99. The van der Waals surface area contributed by atoms with Gasteiger partial charge in [-0.15, -0.1) is 24.0 Å². The molecule has 1 atom stereocenters. The second-order valence-corrected chi connectivity index (χ2v) is 8.41. The number of carbonyl (C=O) groups excluding carboxylic acids is 1. The van der Waals surface area contributed by atoms with E-state index in [4.69, 9.17) is 9.73 Å². The van der Waals surface area contributed by atoms with Gasteiger partial charge in [0.05, 0.1) is 12.6 Å². The van der Waals surface area contributed by atoms with Crippen molar-refractivity contribution in [2.45, 2.75) is 45.8 Å². The van der Waals surface area contributed by atoms with Crippen molar-refractivity contribution in [2.75, 3.05) is 45.8 Å². The van der Waals surface area contributed by atoms with Crippen molar-refractivity contribution in [2.24, 2.45) is 4.99 Å². The molecule has 2 aliphatic rings. The topological polar surface area (TPSA) is 69.2 Å². The molecule has 7 nitrogen and oxygen atoms in total. The van der Waals surface area contributed by atoms with Crippen molar-refractivity contribution in [1.29, 1.82) is 0 Å². The number of hydrogen-bond acceptors (Lipinski definition) is 4. The average Bonchev–Trinajstić information content (AvgIpc) is 2.67. The van der Waals surface area contributed by atoms with Crippen LogP contribution in [0, 0.1) is 0 Å². The van der Waals surface area contributed by atoms with Gasteiger partial charge in [0.1, 0.15) is 11.4 Å². The summed E-state index contributed by atoms with van der Waals surface area (Å²) in [7, 11) is 0. The molecular weight excluding hydrogens is 493 g/mol. The summed E-state index contributed by atoms with van der Waals surface area (Å²) in [5.41, 5.74) is 0.956. The largest absolute Gasteiger partial charge is 0.487 e. The van der Waals surface area contributed by atoms with E-state index in [-0.39, 0.29) is 41.5 Å². The Labute approximate surface area is 197 Å². The lowest BCUT2D eigenvalue weighted by Gasteiger charge is -2.38. The number of benzene rings is 1. The standard InChI is InChI=1S/C22H35N5O2.HI/c1-5-23-21(24-10-11-26-12-14-27(15-13-26)17(2)28)25-19-16-22(3,4)29-20-9-7-6-8-18(19)20;/h6-9,19H,5,10-16H2,1-4H3,(H2,23,24,25);1H. The van der Waals surface area contributed by atoms with Crippen LogP contribution >= 0.6 is 24.0 Å². The van der Waals surface area contributed by atoms with Crippen LogP contribution < -0.4 is 15.4 Å². The van der Waals surface area contributed by atoms with E-state index in [1.54, 1.807) is 6.92 Å². The molecule has 168 valence electrons. The van der Waals surface area contributed by atoms with Gasteiger partial charge >= 0.3 is 0 Å². The lowest BCUT2D eigenvalue weighted by atomic mass is 9.90. The zero-order valence-corrected chi connectivity index (χ0v) is 20.9. The van der Waals surface area contributed by atoms with Crippen LogP contribution in [0.15, 0.2) is 29.3 Å². The molecule has 0 spiro atoms. The molecular formula is C22H36IN5O2. The fraction of sp³-hybridized carbons (Fsp3) is 0.636. The van der Waals surface area contributed by atoms with Gasteiger partial charge in [-0.05, 0) is 26.8 Å². The van der Waals surface area contributed by atoms with E-state index >= 15 is 0 Å². The summed E-state index contributed by atoms with van der Waals surface area (Å²) in [6.45, 7) is 13.9. The van der Waals surface area contributed by atoms with E-state index in [0.29, 0.717) is 0 Å². The number of piperazine rings is 1. The first-order valence-corrected chi connectivity index (χ1v) is 10.7. The Morgan fingerprint density at radius 2 is 1.93 bits per heavy atom. The summed E-state index contributed by atoms with van der Waals surface area (Å²) in [4.78, 5) is 20.6. The van der Waals surface area contributed by atoms with Gasteiger partial charge in [-0.3, -0.25) is 14.7 Å². The maximum Gasteiger partial charge on any atom is 0.219 e. The Balaban J connectivity index is 0.00000320. The van der Waals surface area contributed by atoms with Crippen LogP contribution in [-0.4, -0.2) is 73.1 Å². The lowest BCUT2D eigenvalue weighted by Crippen LogP contribution is -2.49. The first-order chi connectivity index (χ1) is 13.9. The van der Waals surface area contributed by atoms with Gasteiger partial charge in [0.2, 0.25) is 5.91 Å². The first kappa shape index (κ1) is 24.7. The molecule has 1 aromatic carbocycles. The third kappa shape index (κ3) is 6.73. The summed E-state index contributed by atoms with van der Waals surface area (Å²) in [6.07, 6.45) is 0.876. The number of ether oxygens (including phenoxy) is 1. The number of hydrogen-bond donors (Lipinski definition) is 2. The van der Waals surface area contributed by atoms with Crippen molar-refractivity contribution in [3.05, 3.63) is 29.8 Å². The van der Waals surface area contributed by atoms with Crippen LogP contribution in [0.2, 0.25) is 0 Å². The molecule has 1 fully saturated rings. The third-order valence-corrected chi connectivity index (χ3v) is 5.54. The number of halogens is 1. The third-order valence-electron chi connectivity index (χ3n) is 5.54. The molecule has 2 heterocycles.